The van der Waals surface area contributed by atoms with Crippen LogP contribution in [0.15, 0.2) is 41.4 Å². The monoisotopic (exact) mass is 268 g/mol. The van der Waals surface area contributed by atoms with Crippen LogP contribution in [0.2, 0.25) is 0 Å². The van der Waals surface area contributed by atoms with Crippen LogP contribution < -0.4 is 4.90 Å². The summed E-state index contributed by atoms with van der Waals surface area (Å²) >= 11 is 0. The number of fused-ring (bicyclic) bond motifs is 1. The molecule has 3 aromatic heterocycles. The third-order valence-electron chi connectivity index (χ3n) is 3.99. The average Bonchev–Trinajstić information content (AvgIpc) is 3.18. The Morgan fingerprint density at radius 2 is 2.25 bits per heavy atom. The lowest BCUT2D eigenvalue weighted by molar-refractivity contribution is 0.492. The van der Waals surface area contributed by atoms with Crippen LogP contribution in [0.5, 0.6) is 0 Å². The third-order valence-corrected chi connectivity index (χ3v) is 3.99. The molecule has 0 aromatic carbocycles. The van der Waals surface area contributed by atoms with E-state index in [2.05, 4.69) is 19.9 Å². The van der Waals surface area contributed by atoms with Crippen LogP contribution in [-0.2, 0) is 0 Å². The highest BCUT2D eigenvalue weighted by molar-refractivity contribution is 5.88. The van der Waals surface area contributed by atoms with Gasteiger partial charge in [-0.05, 0) is 25.0 Å². The largest absolute Gasteiger partial charge is 0.464 e. The minimum absolute atomic E-state index is 0.447. The van der Waals surface area contributed by atoms with Crippen molar-refractivity contribution in [3.63, 3.8) is 0 Å². The normalized spacial score (nSPS) is 19.6. The van der Waals surface area contributed by atoms with E-state index in [0.29, 0.717) is 5.92 Å². The summed E-state index contributed by atoms with van der Waals surface area (Å²) in [4.78, 5) is 14.5. The summed E-state index contributed by atoms with van der Waals surface area (Å²) in [5.74, 6) is 2.55. The van der Waals surface area contributed by atoms with Gasteiger partial charge in [0.2, 0.25) is 0 Å². The quantitative estimate of drug-likeness (QED) is 0.776. The van der Waals surface area contributed by atoms with E-state index in [0.717, 1.165) is 42.1 Å². The van der Waals surface area contributed by atoms with Gasteiger partial charge in [0.25, 0.3) is 0 Å². The van der Waals surface area contributed by atoms with Gasteiger partial charge in [-0.25, -0.2) is 9.97 Å². The number of imidazole rings is 1. The Hall–Kier alpha value is -2.30. The van der Waals surface area contributed by atoms with Crippen LogP contribution in [-0.4, -0.2) is 28.0 Å². The van der Waals surface area contributed by atoms with E-state index in [1.54, 1.807) is 6.26 Å². The maximum absolute atomic E-state index is 5.46. The van der Waals surface area contributed by atoms with Crippen molar-refractivity contribution in [1.29, 1.82) is 0 Å². The van der Waals surface area contributed by atoms with Crippen LogP contribution in [0.3, 0.4) is 0 Å². The summed E-state index contributed by atoms with van der Waals surface area (Å²) in [5.41, 5.74) is 0.898. The van der Waals surface area contributed by atoms with Crippen molar-refractivity contribution in [2.45, 2.75) is 18.8 Å². The second kappa shape index (κ2) is 4.67. The van der Waals surface area contributed by atoms with Crippen molar-refractivity contribution < 1.29 is 4.42 Å². The molecule has 20 heavy (non-hydrogen) atoms. The van der Waals surface area contributed by atoms with Gasteiger partial charge >= 0.3 is 0 Å². The van der Waals surface area contributed by atoms with Crippen molar-refractivity contribution in [3.8, 4) is 0 Å². The van der Waals surface area contributed by atoms with E-state index in [-0.39, 0.29) is 0 Å². The van der Waals surface area contributed by atoms with Gasteiger partial charge in [-0.2, -0.15) is 0 Å². The number of hydrogen-bond acceptors (Lipinski definition) is 4. The average molecular weight is 268 g/mol. The summed E-state index contributed by atoms with van der Waals surface area (Å²) in [6.45, 7) is 1.99. The zero-order chi connectivity index (χ0) is 13.4. The summed E-state index contributed by atoms with van der Waals surface area (Å²) < 4.78 is 5.46. The van der Waals surface area contributed by atoms with Gasteiger partial charge in [0.05, 0.1) is 11.6 Å². The molecule has 0 saturated carbocycles. The molecule has 5 nitrogen and oxygen atoms in total. The maximum Gasteiger partial charge on any atom is 0.139 e. The summed E-state index contributed by atoms with van der Waals surface area (Å²) in [5, 5.41) is 1.09. The zero-order valence-electron chi connectivity index (χ0n) is 11.1. The number of furan rings is 1. The minimum Gasteiger partial charge on any atom is -0.464 e. The van der Waals surface area contributed by atoms with Gasteiger partial charge in [0, 0.05) is 37.6 Å². The van der Waals surface area contributed by atoms with Crippen molar-refractivity contribution in [2.75, 3.05) is 18.0 Å². The number of hydrogen-bond donors (Lipinski definition) is 1. The molecule has 0 bridgehead atoms. The molecular formula is C15H16N4O. The smallest absolute Gasteiger partial charge is 0.139 e. The fourth-order valence-electron chi connectivity index (χ4n) is 3.03. The molecule has 1 aliphatic heterocycles. The molecule has 0 amide bonds. The van der Waals surface area contributed by atoms with Gasteiger partial charge in [0.1, 0.15) is 17.2 Å². The summed E-state index contributed by atoms with van der Waals surface area (Å²) in [6, 6.07) is 3.90. The van der Waals surface area contributed by atoms with Crippen LogP contribution >= 0.6 is 0 Å². The second-order valence-electron chi connectivity index (χ2n) is 5.23. The van der Waals surface area contributed by atoms with E-state index in [1.165, 1.54) is 6.42 Å². The number of aromatic nitrogens is 3. The van der Waals surface area contributed by atoms with Crippen molar-refractivity contribution in [1.82, 2.24) is 15.0 Å². The van der Waals surface area contributed by atoms with Crippen molar-refractivity contribution in [2.24, 2.45) is 0 Å². The van der Waals surface area contributed by atoms with E-state index < -0.39 is 0 Å². The number of aromatic amines is 1. The molecule has 0 aliphatic carbocycles. The number of rotatable bonds is 2. The highest BCUT2D eigenvalue weighted by atomic mass is 16.3. The highest BCUT2D eigenvalue weighted by Gasteiger charge is 2.25. The number of nitrogens with zero attached hydrogens (tertiary/aromatic N) is 3. The first-order chi connectivity index (χ1) is 9.92. The molecule has 102 valence electrons. The van der Waals surface area contributed by atoms with Crippen molar-refractivity contribution in [3.05, 3.63) is 42.8 Å². The Labute approximate surface area is 116 Å². The maximum atomic E-state index is 5.46. The standard InChI is InChI=1S/C15H16N4O/c1-2-11(14-16-6-7-17-14)10-19(8-1)15-12-4-9-20-13(12)3-5-18-15/h3-7,9,11H,1-2,8,10H2,(H,16,17). The first-order valence-electron chi connectivity index (χ1n) is 6.98. The molecule has 1 saturated heterocycles. The lowest BCUT2D eigenvalue weighted by Gasteiger charge is -2.32. The molecule has 4 heterocycles. The van der Waals surface area contributed by atoms with Crippen LogP contribution in [0.1, 0.15) is 24.6 Å². The van der Waals surface area contributed by atoms with E-state index in [9.17, 15) is 0 Å². The molecule has 0 spiro atoms. The van der Waals surface area contributed by atoms with Gasteiger partial charge in [-0.1, -0.05) is 0 Å². The number of anilines is 1. The van der Waals surface area contributed by atoms with Crippen LogP contribution in [0.25, 0.3) is 11.0 Å². The molecule has 4 rings (SSSR count). The van der Waals surface area contributed by atoms with Crippen molar-refractivity contribution >= 4 is 16.8 Å². The Morgan fingerprint density at radius 3 is 3.15 bits per heavy atom. The second-order valence-corrected chi connectivity index (χ2v) is 5.23. The number of pyridine rings is 1. The molecule has 1 aliphatic rings. The van der Waals surface area contributed by atoms with Crippen LogP contribution in [0, 0.1) is 0 Å². The SMILES string of the molecule is c1c[nH]c(C2CCCN(c3nccc4occc34)C2)n1. The van der Waals surface area contributed by atoms with E-state index >= 15 is 0 Å². The lowest BCUT2D eigenvalue weighted by atomic mass is 9.97. The molecule has 3 aromatic rings. The van der Waals surface area contributed by atoms with Gasteiger partial charge in [-0.15, -0.1) is 0 Å². The van der Waals surface area contributed by atoms with Gasteiger partial charge < -0.3 is 14.3 Å². The molecule has 1 fully saturated rings. The molecule has 1 unspecified atom stereocenters. The Bertz CT molecular complexity index is 704. The predicted molar refractivity (Wildman–Crippen MR) is 76.8 cm³/mol. The highest BCUT2D eigenvalue weighted by Crippen LogP contribution is 2.31. The lowest BCUT2D eigenvalue weighted by Crippen LogP contribution is -2.35. The van der Waals surface area contributed by atoms with Gasteiger partial charge in [0.15, 0.2) is 0 Å². The Morgan fingerprint density at radius 1 is 1.25 bits per heavy atom. The fourth-order valence-corrected chi connectivity index (χ4v) is 3.03. The number of piperidine rings is 1. The third kappa shape index (κ3) is 1.86. The first-order valence-corrected chi connectivity index (χ1v) is 6.98. The van der Waals surface area contributed by atoms with Gasteiger partial charge in [-0.3, -0.25) is 0 Å². The fraction of sp³-hybridized carbons (Fsp3) is 0.333. The molecule has 5 heteroatoms. The minimum atomic E-state index is 0.447. The topological polar surface area (TPSA) is 58.0 Å². The predicted octanol–water partition coefficient (Wildman–Crippen LogP) is 2.93. The zero-order valence-corrected chi connectivity index (χ0v) is 11.1. The number of nitrogens with one attached hydrogen (secondary N) is 1. The Balaban J connectivity index is 1.66. The summed E-state index contributed by atoms with van der Waals surface area (Å²) in [7, 11) is 0. The summed E-state index contributed by atoms with van der Waals surface area (Å²) in [6.07, 6.45) is 9.58. The molecule has 1 N–H and O–H groups in total. The molecule has 0 radical (unpaired) electrons. The first kappa shape index (κ1) is 11.5. The molecule has 1 atom stereocenters. The number of H-pyrrole nitrogens is 1. The Kier molecular flexibility index (Phi) is 2.69. The van der Waals surface area contributed by atoms with Crippen LogP contribution in [0.4, 0.5) is 5.82 Å². The molecular weight excluding hydrogens is 252 g/mol. The van der Waals surface area contributed by atoms with E-state index in [1.807, 2.05) is 30.7 Å². The van der Waals surface area contributed by atoms with E-state index in [4.69, 9.17) is 4.42 Å².